The zero-order valence-electron chi connectivity index (χ0n) is 7.71. The molecule has 0 saturated heterocycles. The maximum absolute atomic E-state index is 12.8. The Kier molecular flexibility index (Phi) is 3.62. The first-order valence-corrected chi connectivity index (χ1v) is 4.26. The van der Waals surface area contributed by atoms with Crippen LogP contribution in [0.2, 0.25) is 5.02 Å². The van der Waals surface area contributed by atoms with E-state index in [0.29, 0.717) is 0 Å². The van der Waals surface area contributed by atoms with Gasteiger partial charge in [-0.05, 0) is 18.2 Å². The van der Waals surface area contributed by atoms with Crippen molar-refractivity contribution in [3.8, 4) is 0 Å². The average molecular weight is 232 g/mol. The third-order valence-electron chi connectivity index (χ3n) is 1.49. The van der Waals surface area contributed by atoms with Crippen molar-refractivity contribution in [1.82, 2.24) is 0 Å². The summed E-state index contributed by atoms with van der Waals surface area (Å²) in [6.07, 6.45) is 0. The number of esters is 1. The van der Waals surface area contributed by atoms with Gasteiger partial charge in [-0.3, -0.25) is 4.79 Å². The highest BCUT2D eigenvalue weighted by Gasteiger charge is 2.14. The van der Waals surface area contributed by atoms with Crippen LogP contribution in [-0.2, 0) is 14.3 Å². The molecule has 0 radical (unpaired) electrons. The molecule has 0 aliphatic carbocycles. The molecule has 0 heterocycles. The molecule has 80 valence electrons. The molecule has 1 aromatic rings. The third kappa shape index (κ3) is 3.21. The van der Waals surface area contributed by atoms with Gasteiger partial charge in [0.15, 0.2) is 0 Å². The molecule has 0 atom stereocenters. The minimum Gasteiger partial charge on any atom is -0.462 e. The van der Waals surface area contributed by atoms with Crippen LogP contribution in [0, 0.1) is 5.82 Å². The van der Waals surface area contributed by atoms with Crippen molar-refractivity contribution in [1.29, 1.82) is 0 Å². The molecule has 1 aromatic carbocycles. The summed E-state index contributed by atoms with van der Waals surface area (Å²) in [6.45, 7) is 0. The normalized spacial score (nSPS) is 9.53. The number of halogens is 2. The average Bonchev–Trinajstić information content (AvgIpc) is 2.14. The van der Waals surface area contributed by atoms with E-state index < -0.39 is 17.7 Å². The largest absolute Gasteiger partial charge is 0.462 e. The monoisotopic (exact) mass is 231 g/mol. The van der Waals surface area contributed by atoms with Gasteiger partial charge >= 0.3 is 11.9 Å². The smallest absolute Gasteiger partial charge is 0.396 e. The topological polar surface area (TPSA) is 55.4 Å². The van der Waals surface area contributed by atoms with E-state index in [1.807, 2.05) is 0 Å². The predicted octanol–water partition coefficient (Wildman–Crippen LogP) is 1.59. The van der Waals surface area contributed by atoms with Crippen molar-refractivity contribution in [2.24, 2.45) is 0 Å². The lowest BCUT2D eigenvalue weighted by atomic mass is 10.3. The Labute approximate surface area is 90.0 Å². The summed E-state index contributed by atoms with van der Waals surface area (Å²) >= 11 is 5.54. The lowest BCUT2D eigenvalue weighted by Gasteiger charge is -2.03. The predicted molar refractivity (Wildman–Crippen MR) is 52.1 cm³/mol. The van der Waals surface area contributed by atoms with Gasteiger partial charge in [-0.2, -0.15) is 0 Å². The first-order valence-electron chi connectivity index (χ1n) is 3.88. The van der Waals surface area contributed by atoms with Crippen LogP contribution >= 0.6 is 11.6 Å². The molecule has 6 heteroatoms. The van der Waals surface area contributed by atoms with E-state index in [1.54, 1.807) is 0 Å². The second kappa shape index (κ2) is 4.75. The van der Waals surface area contributed by atoms with E-state index in [4.69, 9.17) is 11.6 Å². The van der Waals surface area contributed by atoms with E-state index in [9.17, 15) is 14.0 Å². The molecule has 0 unspecified atom stereocenters. The SMILES string of the molecule is COC(=O)C(=O)Nc1cc(F)cc(Cl)c1. The lowest BCUT2D eigenvalue weighted by molar-refractivity contribution is -0.150. The number of hydrogen-bond acceptors (Lipinski definition) is 3. The Morgan fingerprint density at radius 1 is 1.40 bits per heavy atom. The van der Waals surface area contributed by atoms with Crippen LogP contribution in [0.3, 0.4) is 0 Å². The fourth-order valence-electron chi connectivity index (χ4n) is 0.901. The molecular weight excluding hydrogens is 225 g/mol. The molecule has 1 N–H and O–H groups in total. The maximum atomic E-state index is 12.8. The van der Waals surface area contributed by atoms with Crippen molar-refractivity contribution in [2.45, 2.75) is 0 Å². The molecule has 0 bridgehead atoms. The summed E-state index contributed by atoms with van der Waals surface area (Å²) in [6, 6.07) is 3.42. The van der Waals surface area contributed by atoms with E-state index >= 15 is 0 Å². The molecule has 1 amide bonds. The fourth-order valence-corrected chi connectivity index (χ4v) is 1.12. The van der Waals surface area contributed by atoms with Crippen LogP contribution in [-0.4, -0.2) is 19.0 Å². The Bertz CT molecular complexity index is 388. The van der Waals surface area contributed by atoms with Gasteiger partial charge in [-0.25, -0.2) is 9.18 Å². The third-order valence-corrected chi connectivity index (χ3v) is 1.71. The van der Waals surface area contributed by atoms with Crippen molar-refractivity contribution in [3.05, 3.63) is 29.0 Å². The Balaban J connectivity index is 2.81. The molecule has 15 heavy (non-hydrogen) atoms. The molecule has 0 aliphatic heterocycles. The number of amides is 1. The second-order valence-electron chi connectivity index (χ2n) is 2.60. The van der Waals surface area contributed by atoms with Crippen LogP contribution in [0.1, 0.15) is 0 Å². The van der Waals surface area contributed by atoms with E-state index in [0.717, 1.165) is 19.2 Å². The van der Waals surface area contributed by atoms with Gasteiger partial charge in [0.1, 0.15) is 5.82 Å². The minimum atomic E-state index is -1.06. The van der Waals surface area contributed by atoms with Gasteiger partial charge in [0.2, 0.25) is 0 Å². The van der Waals surface area contributed by atoms with Crippen LogP contribution in [0.4, 0.5) is 10.1 Å². The highest BCUT2D eigenvalue weighted by Crippen LogP contribution is 2.17. The molecule has 0 saturated carbocycles. The zero-order valence-corrected chi connectivity index (χ0v) is 8.47. The van der Waals surface area contributed by atoms with Crippen LogP contribution in [0.25, 0.3) is 0 Å². The van der Waals surface area contributed by atoms with Crippen LogP contribution in [0.15, 0.2) is 18.2 Å². The van der Waals surface area contributed by atoms with Crippen LogP contribution < -0.4 is 5.32 Å². The Morgan fingerprint density at radius 2 is 2.07 bits per heavy atom. The summed E-state index contributed by atoms with van der Waals surface area (Å²) < 4.78 is 17.0. The van der Waals surface area contributed by atoms with Crippen molar-refractivity contribution >= 4 is 29.2 Å². The highest BCUT2D eigenvalue weighted by molar-refractivity contribution is 6.37. The number of rotatable bonds is 1. The van der Waals surface area contributed by atoms with Crippen molar-refractivity contribution < 1.29 is 18.7 Å². The first-order chi connectivity index (χ1) is 7.02. The van der Waals surface area contributed by atoms with Gasteiger partial charge in [-0.15, -0.1) is 0 Å². The number of nitrogens with one attached hydrogen (secondary N) is 1. The number of carbonyl (C=O) groups is 2. The number of methoxy groups -OCH3 is 1. The number of benzene rings is 1. The summed E-state index contributed by atoms with van der Waals surface area (Å²) in [7, 11) is 1.07. The Hall–Kier alpha value is -1.62. The fraction of sp³-hybridized carbons (Fsp3) is 0.111. The quantitative estimate of drug-likeness (QED) is 0.590. The molecule has 0 fully saturated rings. The molecule has 1 rings (SSSR count). The molecule has 0 aliphatic rings. The van der Waals surface area contributed by atoms with E-state index in [2.05, 4.69) is 10.1 Å². The standard InChI is InChI=1S/C9H7ClFNO3/c1-15-9(14)8(13)12-7-3-5(10)2-6(11)4-7/h2-4H,1H3,(H,12,13). The minimum absolute atomic E-state index is 0.0930. The number of carbonyl (C=O) groups excluding carboxylic acids is 2. The summed E-state index contributed by atoms with van der Waals surface area (Å²) in [5.74, 6) is -2.66. The van der Waals surface area contributed by atoms with E-state index in [-0.39, 0.29) is 10.7 Å². The first kappa shape index (κ1) is 11.5. The summed E-state index contributed by atoms with van der Waals surface area (Å²) in [4.78, 5) is 21.7. The molecule has 0 spiro atoms. The van der Waals surface area contributed by atoms with Gasteiger partial charge in [0.25, 0.3) is 0 Å². The lowest BCUT2D eigenvalue weighted by Crippen LogP contribution is -2.23. The van der Waals surface area contributed by atoms with Gasteiger partial charge in [0.05, 0.1) is 7.11 Å². The number of hydrogen-bond donors (Lipinski definition) is 1. The van der Waals surface area contributed by atoms with Crippen molar-refractivity contribution in [3.63, 3.8) is 0 Å². The maximum Gasteiger partial charge on any atom is 0.396 e. The summed E-state index contributed by atoms with van der Waals surface area (Å²) in [5.41, 5.74) is 0.0930. The number of anilines is 1. The molecule has 4 nitrogen and oxygen atoms in total. The summed E-state index contributed by atoms with van der Waals surface area (Å²) in [5, 5.41) is 2.26. The molecular formula is C9H7ClFNO3. The molecule has 0 aromatic heterocycles. The van der Waals surface area contributed by atoms with E-state index in [1.165, 1.54) is 6.07 Å². The van der Waals surface area contributed by atoms with Crippen LogP contribution in [0.5, 0.6) is 0 Å². The van der Waals surface area contributed by atoms with Crippen molar-refractivity contribution in [2.75, 3.05) is 12.4 Å². The zero-order chi connectivity index (χ0) is 11.4. The highest BCUT2D eigenvalue weighted by atomic mass is 35.5. The second-order valence-corrected chi connectivity index (χ2v) is 3.04. The van der Waals surface area contributed by atoms with Gasteiger partial charge in [-0.1, -0.05) is 11.6 Å². The van der Waals surface area contributed by atoms with Gasteiger partial charge in [0, 0.05) is 10.7 Å². The Morgan fingerprint density at radius 3 is 2.60 bits per heavy atom. The number of ether oxygens (including phenoxy) is 1. The van der Waals surface area contributed by atoms with Gasteiger partial charge < -0.3 is 10.1 Å².